The van der Waals surface area contributed by atoms with E-state index >= 15 is 0 Å². The number of para-hydroxylation sites is 1. The highest BCUT2D eigenvalue weighted by Gasteiger charge is 2.24. The molecule has 0 amide bonds. The molecule has 1 atom stereocenters. The van der Waals surface area contributed by atoms with E-state index in [-0.39, 0.29) is 0 Å². The summed E-state index contributed by atoms with van der Waals surface area (Å²) >= 11 is 0. The molecule has 1 aliphatic heterocycles. The molecule has 9 rings (SSSR count). The van der Waals surface area contributed by atoms with E-state index in [0.29, 0.717) is 5.92 Å². The fraction of sp³-hybridized carbons (Fsp3) is 0.125. The summed E-state index contributed by atoms with van der Waals surface area (Å²) in [7, 11) is 0. The van der Waals surface area contributed by atoms with E-state index in [0.717, 1.165) is 41.3 Å². The molecule has 7 aromatic rings. The van der Waals surface area contributed by atoms with Crippen LogP contribution in [0, 0.1) is 0 Å². The van der Waals surface area contributed by atoms with Gasteiger partial charge in [-0.25, -0.2) is 9.98 Å². The van der Waals surface area contributed by atoms with Crippen molar-refractivity contribution in [3.63, 3.8) is 0 Å². The SMILES string of the molecule is CC(C)c1ccc2c3ccccc3n(-c3cccc(C4N=C(C5=CC=CCC5)NC(c5ccc(-c6ccccc6)cc5)=N4)c3)c2c1-c1ccccc1. The van der Waals surface area contributed by atoms with Gasteiger partial charge in [0.1, 0.15) is 11.7 Å². The lowest BCUT2D eigenvalue weighted by Crippen LogP contribution is -2.36. The van der Waals surface area contributed by atoms with Crippen molar-refractivity contribution < 1.29 is 0 Å². The summed E-state index contributed by atoms with van der Waals surface area (Å²) in [4.78, 5) is 10.6. The van der Waals surface area contributed by atoms with Crippen LogP contribution >= 0.6 is 0 Å². The number of aliphatic imine (C=N–C) groups is 2. The number of allylic oxidation sites excluding steroid dienone is 3. The van der Waals surface area contributed by atoms with Gasteiger partial charge in [0.25, 0.3) is 0 Å². The molecule has 1 unspecified atom stereocenters. The van der Waals surface area contributed by atoms with E-state index in [4.69, 9.17) is 9.98 Å². The third-order valence-corrected chi connectivity index (χ3v) is 10.3. The minimum absolute atomic E-state index is 0.360. The number of nitrogens with zero attached hydrogens (tertiary/aromatic N) is 3. The van der Waals surface area contributed by atoms with Crippen LogP contribution in [0.15, 0.2) is 179 Å². The molecule has 1 aliphatic carbocycles. The smallest absolute Gasteiger partial charge is 0.169 e. The summed E-state index contributed by atoms with van der Waals surface area (Å²) in [5.74, 6) is 2.08. The number of hydrogen-bond acceptors (Lipinski definition) is 3. The zero-order chi connectivity index (χ0) is 35.0. The largest absolute Gasteiger partial charge is 0.325 e. The van der Waals surface area contributed by atoms with Gasteiger partial charge in [-0.3, -0.25) is 0 Å². The van der Waals surface area contributed by atoms with Crippen LogP contribution in [0.5, 0.6) is 0 Å². The first-order valence-corrected chi connectivity index (χ1v) is 18.3. The van der Waals surface area contributed by atoms with Crippen molar-refractivity contribution in [2.45, 2.75) is 38.8 Å². The van der Waals surface area contributed by atoms with Gasteiger partial charge in [0.05, 0.1) is 11.0 Å². The lowest BCUT2D eigenvalue weighted by Gasteiger charge is -2.24. The van der Waals surface area contributed by atoms with Crippen LogP contribution in [0.25, 0.3) is 49.7 Å². The van der Waals surface area contributed by atoms with E-state index in [2.05, 4.69) is 188 Å². The number of hydrogen-bond donors (Lipinski definition) is 1. The average Bonchev–Trinajstić information content (AvgIpc) is 3.56. The first-order chi connectivity index (χ1) is 25.6. The second kappa shape index (κ2) is 13.5. The van der Waals surface area contributed by atoms with E-state index in [9.17, 15) is 0 Å². The van der Waals surface area contributed by atoms with Gasteiger partial charge >= 0.3 is 0 Å². The van der Waals surface area contributed by atoms with Gasteiger partial charge in [-0.2, -0.15) is 0 Å². The summed E-state index contributed by atoms with van der Waals surface area (Å²) in [6, 6.07) is 52.3. The minimum atomic E-state index is -0.403. The van der Waals surface area contributed by atoms with Gasteiger partial charge in [0, 0.05) is 33.2 Å². The summed E-state index contributed by atoms with van der Waals surface area (Å²) in [6.07, 6.45) is 8.07. The Balaban J connectivity index is 1.20. The van der Waals surface area contributed by atoms with Gasteiger partial charge in [-0.1, -0.05) is 159 Å². The zero-order valence-corrected chi connectivity index (χ0v) is 29.5. The summed E-state index contributed by atoms with van der Waals surface area (Å²) < 4.78 is 2.45. The van der Waals surface area contributed by atoms with Crippen LogP contribution in [0.3, 0.4) is 0 Å². The number of rotatable bonds is 7. The standard InChI is InChI=1S/C48H40N4/c1-32(2)40-29-30-42-41-23-12-13-24-43(41)52(45(42)44(40)35-17-8-4-9-18-35)39-22-14-21-38(31-39)48-50-46(36-19-10-5-11-20-36)49-47(51-48)37-27-25-34(26-28-37)33-15-6-3-7-16-33/h3-10,12-19,21-32,48H,11,20H2,1-2H3,(H,49,50,51). The Morgan fingerprint density at radius 2 is 1.33 bits per heavy atom. The third-order valence-electron chi connectivity index (χ3n) is 10.3. The monoisotopic (exact) mass is 672 g/mol. The maximum Gasteiger partial charge on any atom is 0.169 e. The van der Waals surface area contributed by atoms with E-state index < -0.39 is 6.17 Å². The molecular formula is C48H40N4. The Morgan fingerprint density at radius 1 is 0.635 bits per heavy atom. The summed E-state index contributed by atoms with van der Waals surface area (Å²) in [5.41, 5.74) is 13.0. The second-order valence-corrected chi connectivity index (χ2v) is 14.0. The Kier molecular flexibility index (Phi) is 8.21. The Labute approximate surface area is 305 Å². The second-order valence-electron chi connectivity index (χ2n) is 14.0. The molecule has 0 saturated carbocycles. The molecule has 252 valence electrons. The van der Waals surface area contributed by atoms with Crippen LogP contribution in [0.2, 0.25) is 0 Å². The number of fused-ring (bicyclic) bond motifs is 3. The minimum Gasteiger partial charge on any atom is -0.325 e. The molecule has 52 heavy (non-hydrogen) atoms. The number of nitrogens with one attached hydrogen (secondary N) is 1. The van der Waals surface area contributed by atoms with Crippen molar-refractivity contribution in [3.8, 4) is 27.9 Å². The highest BCUT2D eigenvalue weighted by atomic mass is 15.2. The van der Waals surface area contributed by atoms with E-state index in [1.165, 1.54) is 55.2 Å². The lowest BCUT2D eigenvalue weighted by molar-refractivity contribution is 0.751. The fourth-order valence-corrected chi connectivity index (χ4v) is 7.72. The summed E-state index contributed by atoms with van der Waals surface area (Å²) in [5, 5.41) is 6.12. The summed E-state index contributed by atoms with van der Waals surface area (Å²) in [6.45, 7) is 4.58. The van der Waals surface area contributed by atoms with Gasteiger partial charge < -0.3 is 9.88 Å². The molecule has 0 saturated heterocycles. The highest BCUT2D eigenvalue weighted by molar-refractivity contribution is 6.16. The van der Waals surface area contributed by atoms with Crippen molar-refractivity contribution in [1.29, 1.82) is 0 Å². The maximum absolute atomic E-state index is 5.28. The normalized spacial score (nSPS) is 15.8. The average molecular weight is 673 g/mol. The van der Waals surface area contributed by atoms with Gasteiger partial charge in [-0.05, 0) is 64.8 Å². The van der Waals surface area contributed by atoms with Crippen LogP contribution in [-0.4, -0.2) is 16.2 Å². The third kappa shape index (κ3) is 5.76. The highest BCUT2D eigenvalue weighted by Crippen LogP contribution is 2.42. The van der Waals surface area contributed by atoms with Crippen molar-refractivity contribution in [2.75, 3.05) is 0 Å². The molecule has 0 spiro atoms. The molecular weight excluding hydrogens is 633 g/mol. The van der Waals surface area contributed by atoms with Crippen LogP contribution in [0.1, 0.15) is 55.5 Å². The lowest BCUT2D eigenvalue weighted by atomic mass is 9.90. The molecule has 2 heterocycles. The Hall–Kier alpha value is -6.26. The molecule has 1 aromatic heterocycles. The Morgan fingerprint density at radius 3 is 2.08 bits per heavy atom. The van der Waals surface area contributed by atoms with Crippen molar-refractivity contribution in [2.24, 2.45) is 9.98 Å². The molecule has 2 aliphatic rings. The van der Waals surface area contributed by atoms with Crippen LogP contribution < -0.4 is 5.32 Å². The van der Waals surface area contributed by atoms with Crippen molar-refractivity contribution >= 4 is 33.5 Å². The number of benzene rings is 6. The van der Waals surface area contributed by atoms with Gasteiger partial charge in [-0.15, -0.1) is 0 Å². The Bertz CT molecular complexity index is 2550. The molecule has 0 radical (unpaired) electrons. The molecule has 6 aromatic carbocycles. The maximum atomic E-state index is 5.28. The van der Waals surface area contributed by atoms with Crippen LogP contribution in [0.4, 0.5) is 0 Å². The fourth-order valence-electron chi connectivity index (χ4n) is 7.72. The topological polar surface area (TPSA) is 41.7 Å². The van der Waals surface area contributed by atoms with Gasteiger partial charge in [0.15, 0.2) is 6.17 Å². The molecule has 0 bridgehead atoms. The molecule has 4 heteroatoms. The molecule has 1 N–H and O–H groups in total. The van der Waals surface area contributed by atoms with Crippen LogP contribution in [-0.2, 0) is 0 Å². The van der Waals surface area contributed by atoms with Crippen molar-refractivity contribution in [3.05, 3.63) is 186 Å². The van der Waals surface area contributed by atoms with Gasteiger partial charge in [0.2, 0.25) is 0 Å². The number of aromatic nitrogens is 1. The molecule has 0 fully saturated rings. The van der Waals surface area contributed by atoms with Crippen molar-refractivity contribution in [1.82, 2.24) is 9.88 Å². The first-order valence-electron chi connectivity index (χ1n) is 18.3. The predicted molar refractivity (Wildman–Crippen MR) is 218 cm³/mol. The zero-order valence-electron chi connectivity index (χ0n) is 29.5. The predicted octanol–water partition coefficient (Wildman–Crippen LogP) is 12.0. The molecule has 4 nitrogen and oxygen atoms in total. The van der Waals surface area contributed by atoms with E-state index in [1.54, 1.807) is 0 Å². The quantitative estimate of drug-likeness (QED) is 0.180. The van der Waals surface area contributed by atoms with E-state index in [1.807, 2.05) is 0 Å². The first kappa shape index (κ1) is 31.7. The number of amidine groups is 2.